The van der Waals surface area contributed by atoms with Gasteiger partial charge in [-0.1, -0.05) is 13.8 Å². The van der Waals surface area contributed by atoms with Gasteiger partial charge in [-0.25, -0.2) is 0 Å². The molecule has 0 bridgehead atoms. The molecule has 9 heavy (non-hydrogen) atoms. The summed E-state index contributed by atoms with van der Waals surface area (Å²) in [6.07, 6.45) is 1.65. The first kappa shape index (κ1) is 11.0. The molecule has 0 spiro atoms. The Morgan fingerprint density at radius 1 is 1.44 bits per heavy atom. The van der Waals surface area contributed by atoms with E-state index in [1.807, 2.05) is 20.8 Å². The van der Waals surface area contributed by atoms with Crippen molar-refractivity contribution in [3.8, 4) is 0 Å². The Morgan fingerprint density at radius 2 is 1.89 bits per heavy atom. The van der Waals surface area contributed by atoms with Gasteiger partial charge in [-0.3, -0.25) is 0 Å². The van der Waals surface area contributed by atoms with Crippen LogP contribution < -0.4 is 0 Å². The van der Waals surface area contributed by atoms with Crippen LogP contribution in [0.3, 0.4) is 0 Å². The maximum Gasteiger partial charge on any atom is 0.0495 e. The van der Waals surface area contributed by atoms with Gasteiger partial charge in [0.15, 0.2) is 0 Å². The molecule has 0 amide bonds. The van der Waals surface area contributed by atoms with Crippen molar-refractivity contribution in [2.45, 2.75) is 20.8 Å². The van der Waals surface area contributed by atoms with Crippen LogP contribution >= 0.6 is 0 Å². The van der Waals surface area contributed by atoms with Crippen LogP contribution in [0.4, 0.5) is 0 Å². The van der Waals surface area contributed by atoms with Gasteiger partial charge in [-0.15, -0.1) is 0 Å². The average molecular weight is 129 g/mol. The van der Waals surface area contributed by atoms with E-state index in [1.54, 1.807) is 13.3 Å². The summed E-state index contributed by atoms with van der Waals surface area (Å²) < 4.78 is 0. The quantitative estimate of drug-likeness (QED) is 0.411. The first-order valence-electron chi connectivity index (χ1n) is 3.00. The van der Waals surface area contributed by atoms with E-state index >= 15 is 0 Å². The van der Waals surface area contributed by atoms with Crippen LogP contribution in [0.15, 0.2) is 10.2 Å². The number of hydrogen-bond acceptors (Lipinski definition) is 3. The van der Waals surface area contributed by atoms with Gasteiger partial charge >= 0.3 is 0 Å². The van der Waals surface area contributed by atoms with Crippen molar-refractivity contribution in [1.82, 2.24) is 5.12 Å². The zero-order valence-corrected chi connectivity index (χ0v) is 6.63. The van der Waals surface area contributed by atoms with Crippen molar-refractivity contribution in [3.63, 3.8) is 0 Å². The molecule has 0 aromatic carbocycles. The van der Waals surface area contributed by atoms with E-state index in [1.165, 1.54) is 5.12 Å². The summed E-state index contributed by atoms with van der Waals surface area (Å²) in [6, 6.07) is 0. The standard InChI is InChI=1S/C4H9N3.C2H6/c1-4-6-7(3)5-2;1-2/h4H,2H2,1,3H3;1-2H3/b6-4-;. The number of hydrazone groups is 2. The summed E-state index contributed by atoms with van der Waals surface area (Å²) in [6.45, 7) is 9.06. The molecule has 0 heterocycles. The normalized spacial score (nSPS) is 8.00. The fraction of sp³-hybridized carbons (Fsp3) is 0.667. The lowest BCUT2D eigenvalue weighted by Crippen LogP contribution is -1.98. The lowest BCUT2D eigenvalue weighted by Gasteiger charge is -1.99. The predicted molar refractivity (Wildman–Crippen MR) is 42.8 cm³/mol. The molecule has 0 saturated heterocycles. The average Bonchev–Trinajstić information content (AvgIpc) is 1.93. The number of hydrogen-bond donors (Lipinski definition) is 0. The minimum Gasteiger partial charge on any atom is -0.189 e. The van der Waals surface area contributed by atoms with Gasteiger partial charge in [-0.05, 0) is 6.92 Å². The second kappa shape index (κ2) is 10.2. The lowest BCUT2D eigenvalue weighted by molar-refractivity contribution is 0.383. The first-order valence-corrected chi connectivity index (χ1v) is 3.00. The highest BCUT2D eigenvalue weighted by Gasteiger charge is 1.73. The Labute approximate surface area is 57.1 Å². The molecule has 3 nitrogen and oxygen atoms in total. The summed E-state index contributed by atoms with van der Waals surface area (Å²) in [5.74, 6) is 0. The first-order chi connectivity index (χ1) is 4.31. The van der Waals surface area contributed by atoms with Crippen LogP contribution in [0.1, 0.15) is 20.8 Å². The van der Waals surface area contributed by atoms with Crippen molar-refractivity contribution >= 4 is 12.9 Å². The highest BCUT2D eigenvalue weighted by atomic mass is 15.6. The van der Waals surface area contributed by atoms with E-state index in [2.05, 4.69) is 16.9 Å². The van der Waals surface area contributed by atoms with Crippen molar-refractivity contribution < 1.29 is 0 Å². The molecule has 0 atom stereocenters. The van der Waals surface area contributed by atoms with E-state index in [0.717, 1.165) is 0 Å². The highest BCUT2D eigenvalue weighted by molar-refractivity contribution is 5.52. The van der Waals surface area contributed by atoms with E-state index in [9.17, 15) is 0 Å². The largest absolute Gasteiger partial charge is 0.189 e. The molecule has 0 fully saturated rings. The summed E-state index contributed by atoms with van der Waals surface area (Å²) in [7, 11) is 1.72. The highest BCUT2D eigenvalue weighted by Crippen LogP contribution is 1.76. The molecule has 54 valence electrons. The zero-order chi connectivity index (χ0) is 7.70. The van der Waals surface area contributed by atoms with Crippen LogP contribution in [0.25, 0.3) is 0 Å². The minimum atomic E-state index is 1.39. The van der Waals surface area contributed by atoms with E-state index in [0.29, 0.717) is 0 Å². The Morgan fingerprint density at radius 3 is 2.00 bits per heavy atom. The number of rotatable bonds is 2. The Bertz CT molecular complexity index is 78.4. The molecule has 0 rings (SSSR count). The van der Waals surface area contributed by atoms with Gasteiger partial charge in [0.2, 0.25) is 0 Å². The van der Waals surface area contributed by atoms with E-state index < -0.39 is 0 Å². The van der Waals surface area contributed by atoms with Crippen molar-refractivity contribution in [3.05, 3.63) is 0 Å². The maximum atomic E-state index is 3.72. The number of nitrogens with zero attached hydrogens (tertiary/aromatic N) is 3. The predicted octanol–water partition coefficient (Wildman–Crippen LogP) is 1.57. The van der Waals surface area contributed by atoms with Crippen LogP contribution in [0.2, 0.25) is 0 Å². The molecule has 0 aromatic heterocycles. The lowest BCUT2D eigenvalue weighted by atomic mass is 10.9. The maximum absolute atomic E-state index is 3.72. The second-order valence-corrected chi connectivity index (χ2v) is 1.00. The zero-order valence-electron chi connectivity index (χ0n) is 6.63. The fourth-order valence-electron chi connectivity index (χ4n) is 0.204. The van der Waals surface area contributed by atoms with E-state index in [4.69, 9.17) is 0 Å². The summed E-state index contributed by atoms with van der Waals surface area (Å²) in [4.78, 5) is 0. The van der Waals surface area contributed by atoms with Crippen LogP contribution in [0.5, 0.6) is 0 Å². The Balaban J connectivity index is 0. The van der Waals surface area contributed by atoms with Gasteiger partial charge in [0.1, 0.15) is 0 Å². The molecule has 0 aliphatic heterocycles. The van der Waals surface area contributed by atoms with Crippen LogP contribution in [-0.2, 0) is 0 Å². The monoisotopic (exact) mass is 129 g/mol. The van der Waals surface area contributed by atoms with Crippen molar-refractivity contribution in [2.24, 2.45) is 10.2 Å². The molecule has 0 aliphatic carbocycles. The minimum absolute atomic E-state index is 1.39. The Kier molecular flexibility index (Phi) is 12.5. The molecule has 3 heteroatoms. The smallest absolute Gasteiger partial charge is 0.0495 e. The van der Waals surface area contributed by atoms with Crippen LogP contribution in [0, 0.1) is 0 Å². The summed E-state index contributed by atoms with van der Waals surface area (Å²) >= 11 is 0. The molecule has 0 saturated carbocycles. The summed E-state index contributed by atoms with van der Waals surface area (Å²) in [5, 5.41) is 8.57. The molecule has 0 radical (unpaired) electrons. The topological polar surface area (TPSA) is 28.0 Å². The Hall–Kier alpha value is -0.860. The van der Waals surface area contributed by atoms with Gasteiger partial charge in [0.25, 0.3) is 0 Å². The third-order valence-electron chi connectivity index (χ3n) is 0.487. The van der Waals surface area contributed by atoms with Crippen molar-refractivity contribution in [1.29, 1.82) is 0 Å². The molecule has 0 aliphatic rings. The third-order valence-corrected chi connectivity index (χ3v) is 0.487. The molecule has 0 unspecified atom stereocenters. The molecular weight excluding hydrogens is 114 g/mol. The summed E-state index contributed by atoms with van der Waals surface area (Å²) in [5.41, 5.74) is 0. The van der Waals surface area contributed by atoms with Crippen LogP contribution in [-0.4, -0.2) is 25.1 Å². The SMILES string of the molecule is C=NN(C)/N=C\C.CC. The van der Waals surface area contributed by atoms with Gasteiger partial charge in [0, 0.05) is 20.0 Å². The molecule has 0 N–H and O–H groups in total. The van der Waals surface area contributed by atoms with E-state index in [-0.39, 0.29) is 0 Å². The third kappa shape index (κ3) is 11.0. The van der Waals surface area contributed by atoms with Gasteiger partial charge in [0.05, 0.1) is 0 Å². The van der Waals surface area contributed by atoms with Gasteiger partial charge < -0.3 is 0 Å². The molecule has 0 aromatic rings. The van der Waals surface area contributed by atoms with Gasteiger partial charge in [-0.2, -0.15) is 15.3 Å². The fourth-order valence-corrected chi connectivity index (χ4v) is 0.204. The second-order valence-electron chi connectivity index (χ2n) is 1.00. The molecular formula is C6H15N3. The van der Waals surface area contributed by atoms with Crippen molar-refractivity contribution in [2.75, 3.05) is 7.05 Å².